The van der Waals surface area contributed by atoms with E-state index >= 15 is 0 Å². The van der Waals surface area contributed by atoms with Gasteiger partial charge in [-0.15, -0.1) is 24.0 Å². The number of alkyl carbamates (subject to hydrolysis) is 1. The summed E-state index contributed by atoms with van der Waals surface area (Å²) in [6.45, 7) is 12.8. The lowest BCUT2D eigenvalue weighted by atomic mass is 10.0. The van der Waals surface area contributed by atoms with Gasteiger partial charge in [-0.05, 0) is 53.5 Å². The lowest BCUT2D eigenvalue weighted by Gasteiger charge is -2.33. The van der Waals surface area contributed by atoms with E-state index in [2.05, 4.69) is 32.3 Å². The minimum Gasteiger partial charge on any atom is -0.444 e. The predicted octanol–water partition coefficient (Wildman–Crippen LogP) is 2.65. The summed E-state index contributed by atoms with van der Waals surface area (Å²) in [6.07, 6.45) is 4.53. The number of hydrogen-bond acceptors (Lipinski definition) is 4. The van der Waals surface area contributed by atoms with Crippen LogP contribution in [0.25, 0.3) is 0 Å². The van der Waals surface area contributed by atoms with Crippen LogP contribution in [0.2, 0.25) is 0 Å². The summed E-state index contributed by atoms with van der Waals surface area (Å²) in [5, 5.41) is 6.45. The number of ether oxygens (including phenoxy) is 1. The Morgan fingerprint density at radius 3 is 2.59 bits per heavy atom. The third-order valence-corrected chi connectivity index (χ3v) is 5.04. The van der Waals surface area contributed by atoms with Crippen molar-refractivity contribution in [3.63, 3.8) is 0 Å². The highest BCUT2D eigenvalue weighted by atomic mass is 127. The molecule has 2 unspecified atom stereocenters. The van der Waals surface area contributed by atoms with Gasteiger partial charge in [0.1, 0.15) is 5.60 Å². The van der Waals surface area contributed by atoms with Crippen LogP contribution in [0, 0.1) is 0 Å². The SMILES string of the molecule is CN=C(NCCN1CCCCC1C)N1CCC(NC(=O)OC(C)(C)C)C1.I. The molecule has 2 atom stereocenters. The van der Waals surface area contributed by atoms with Crippen molar-refractivity contribution < 1.29 is 9.53 Å². The Kier molecular flexibility index (Phi) is 10.1. The fraction of sp³-hybridized carbons (Fsp3) is 0.895. The fourth-order valence-electron chi connectivity index (χ4n) is 3.68. The van der Waals surface area contributed by atoms with Crippen molar-refractivity contribution in [3.8, 4) is 0 Å². The van der Waals surface area contributed by atoms with Gasteiger partial charge in [-0.3, -0.25) is 9.89 Å². The Balaban J connectivity index is 0.00000364. The van der Waals surface area contributed by atoms with Gasteiger partial charge in [0.05, 0.1) is 6.04 Å². The number of nitrogens with zero attached hydrogens (tertiary/aromatic N) is 3. The first-order chi connectivity index (χ1) is 12.3. The van der Waals surface area contributed by atoms with Gasteiger partial charge in [-0.25, -0.2) is 4.79 Å². The lowest BCUT2D eigenvalue weighted by Crippen LogP contribution is -2.47. The molecular formula is C19H38IN5O2. The number of rotatable bonds is 4. The van der Waals surface area contributed by atoms with Crippen LogP contribution in [-0.2, 0) is 4.74 Å². The van der Waals surface area contributed by atoms with E-state index in [0.29, 0.717) is 6.04 Å². The molecule has 0 aliphatic carbocycles. The molecule has 2 N–H and O–H groups in total. The molecule has 7 nitrogen and oxygen atoms in total. The monoisotopic (exact) mass is 495 g/mol. The number of piperidine rings is 1. The van der Waals surface area contributed by atoms with Crippen LogP contribution >= 0.6 is 24.0 Å². The summed E-state index contributed by atoms with van der Waals surface area (Å²) in [6, 6.07) is 0.785. The van der Waals surface area contributed by atoms with Crippen molar-refractivity contribution in [2.45, 2.75) is 71.1 Å². The molecule has 2 aliphatic heterocycles. The zero-order valence-corrected chi connectivity index (χ0v) is 19.9. The molecule has 0 radical (unpaired) electrons. The first kappa shape index (κ1) is 24.3. The van der Waals surface area contributed by atoms with E-state index in [1.807, 2.05) is 27.8 Å². The van der Waals surface area contributed by atoms with Crippen LogP contribution in [0.3, 0.4) is 0 Å². The number of amides is 1. The van der Waals surface area contributed by atoms with Gasteiger partial charge in [-0.1, -0.05) is 6.42 Å². The van der Waals surface area contributed by atoms with E-state index < -0.39 is 5.60 Å². The van der Waals surface area contributed by atoms with Crippen LogP contribution in [0.15, 0.2) is 4.99 Å². The Labute approximate surface area is 181 Å². The number of halogens is 1. The maximum Gasteiger partial charge on any atom is 0.407 e. The standard InChI is InChI=1S/C19H37N5O2.HI/c1-15-8-6-7-11-23(15)13-10-21-17(20-5)24-12-9-16(14-24)22-18(25)26-19(2,3)4;/h15-16H,6-14H2,1-5H3,(H,20,21)(H,22,25);1H. The average Bonchev–Trinajstić information content (AvgIpc) is 2.99. The molecule has 0 aromatic heterocycles. The van der Waals surface area contributed by atoms with Gasteiger partial charge in [0.25, 0.3) is 0 Å². The minimum absolute atomic E-state index is 0. The molecule has 2 saturated heterocycles. The third-order valence-electron chi connectivity index (χ3n) is 5.04. The first-order valence-electron chi connectivity index (χ1n) is 9.97. The van der Waals surface area contributed by atoms with E-state index in [0.717, 1.165) is 38.6 Å². The zero-order chi connectivity index (χ0) is 19.2. The molecule has 2 heterocycles. The summed E-state index contributed by atoms with van der Waals surface area (Å²) in [4.78, 5) is 21.1. The van der Waals surface area contributed by atoms with Crippen molar-refractivity contribution in [2.24, 2.45) is 4.99 Å². The summed E-state index contributed by atoms with van der Waals surface area (Å²) < 4.78 is 5.34. The molecule has 0 saturated carbocycles. The maximum absolute atomic E-state index is 11.9. The topological polar surface area (TPSA) is 69.2 Å². The van der Waals surface area contributed by atoms with Crippen LogP contribution in [0.5, 0.6) is 0 Å². The Hall–Kier alpha value is -0.770. The van der Waals surface area contributed by atoms with Gasteiger partial charge in [-0.2, -0.15) is 0 Å². The zero-order valence-electron chi connectivity index (χ0n) is 17.6. The van der Waals surface area contributed by atoms with E-state index in [-0.39, 0.29) is 36.1 Å². The van der Waals surface area contributed by atoms with Crippen molar-refractivity contribution in [1.82, 2.24) is 20.4 Å². The summed E-state index contributed by atoms with van der Waals surface area (Å²) in [5.41, 5.74) is -0.467. The maximum atomic E-state index is 11.9. The number of carbonyl (C=O) groups excluding carboxylic acids is 1. The number of nitrogens with one attached hydrogen (secondary N) is 2. The van der Waals surface area contributed by atoms with Crippen molar-refractivity contribution >= 4 is 36.0 Å². The fourth-order valence-corrected chi connectivity index (χ4v) is 3.68. The van der Waals surface area contributed by atoms with Gasteiger partial charge < -0.3 is 20.3 Å². The van der Waals surface area contributed by atoms with Crippen molar-refractivity contribution in [2.75, 3.05) is 39.8 Å². The summed E-state index contributed by atoms with van der Waals surface area (Å²) in [5.74, 6) is 0.920. The van der Waals surface area contributed by atoms with Gasteiger partial charge in [0, 0.05) is 39.3 Å². The molecule has 0 aromatic carbocycles. The smallest absolute Gasteiger partial charge is 0.407 e. The van der Waals surface area contributed by atoms with E-state index in [9.17, 15) is 4.79 Å². The second-order valence-corrected chi connectivity index (χ2v) is 8.43. The molecule has 2 aliphatic rings. The quantitative estimate of drug-likeness (QED) is 0.357. The normalized spacial score (nSPS) is 24.3. The highest BCUT2D eigenvalue weighted by Crippen LogP contribution is 2.15. The van der Waals surface area contributed by atoms with Crippen molar-refractivity contribution in [1.29, 1.82) is 0 Å². The Morgan fingerprint density at radius 2 is 1.96 bits per heavy atom. The van der Waals surface area contributed by atoms with E-state index in [1.165, 1.54) is 25.8 Å². The summed E-state index contributed by atoms with van der Waals surface area (Å²) >= 11 is 0. The minimum atomic E-state index is -0.467. The molecule has 158 valence electrons. The van der Waals surface area contributed by atoms with Gasteiger partial charge >= 0.3 is 6.09 Å². The van der Waals surface area contributed by atoms with Crippen molar-refractivity contribution in [3.05, 3.63) is 0 Å². The second kappa shape index (κ2) is 11.3. The van der Waals surface area contributed by atoms with Gasteiger partial charge in [0.15, 0.2) is 5.96 Å². The molecule has 0 aromatic rings. The van der Waals surface area contributed by atoms with Gasteiger partial charge in [0.2, 0.25) is 0 Å². The number of hydrogen-bond donors (Lipinski definition) is 2. The molecule has 8 heteroatoms. The predicted molar refractivity (Wildman–Crippen MR) is 121 cm³/mol. The average molecular weight is 495 g/mol. The number of guanidine groups is 1. The molecular weight excluding hydrogens is 457 g/mol. The number of likely N-dealkylation sites (tertiary alicyclic amines) is 2. The second-order valence-electron chi connectivity index (χ2n) is 8.43. The Bertz CT molecular complexity index is 495. The number of aliphatic imine (C=N–C) groups is 1. The highest BCUT2D eigenvalue weighted by molar-refractivity contribution is 14.0. The third kappa shape index (κ3) is 8.41. The molecule has 27 heavy (non-hydrogen) atoms. The molecule has 1 amide bonds. The van der Waals surface area contributed by atoms with E-state index in [4.69, 9.17) is 4.74 Å². The molecule has 0 spiro atoms. The largest absolute Gasteiger partial charge is 0.444 e. The molecule has 0 bridgehead atoms. The van der Waals surface area contributed by atoms with Crippen LogP contribution in [-0.4, -0.2) is 79.3 Å². The van der Waals surface area contributed by atoms with Crippen LogP contribution < -0.4 is 10.6 Å². The van der Waals surface area contributed by atoms with E-state index in [1.54, 1.807) is 0 Å². The number of carbonyl (C=O) groups is 1. The Morgan fingerprint density at radius 1 is 1.22 bits per heavy atom. The molecule has 2 rings (SSSR count). The summed E-state index contributed by atoms with van der Waals surface area (Å²) in [7, 11) is 1.82. The lowest BCUT2D eigenvalue weighted by molar-refractivity contribution is 0.0507. The van der Waals surface area contributed by atoms with Crippen LogP contribution in [0.4, 0.5) is 4.79 Å². The van der Waals surface area contributed by atoms with Crippen LogP contribution in [0.1, 0.15) is 53.4 Å². The highest BCUT2D eigenvalue weighted by Gasteiger charge is 2.28. The first-order valence-corrected chi connectivity index (χ1v) is 9.97. The molecule has 2 fully saturated rings.